The number of hydrogen-bond donors (Lipinski definition) is 1. The van der Waals surface area contributed by atoms with Gasteiger partial charge in [-0.3, -0.25) is 4.98 Å². The molecule has 0 saturated carbocycles. The summed E-state index contributed by atoms with van der Waals surface area (Å²) in [6, 6.07) is 10.5. The summed E-state index contributed by atoms with van der Waals surface area (Å²) in [7, 11) is 2.16. The van der Waals surface area contributed by atoms with Crippen LogP contribution in [0.2, 0.25) is 0 Å². The van der Waals surface area contributed by atoms with Crippen molar-refractivity contribution in [2.24, 2.45) is 7.05 Å². The SMILES string of the molecule is CCc1cc(NC2CCCc3c2cc(C)n3C)nc(-c2ccccn2)n1. The molecule has 0 amide bonds. The fourth-order valence-corrected chi connectivity index (χ4v) is 3.75. The third-order valence-electron chi connectivity index (χ3n) is 5.27. The van der Waals surface area contributed by atoms with Crippen LogP contribution in [0.25, 0.3) is 11.5 Å². The number of hydrogen-bond acceptors (Lipinski definition) is 4. The van der Waals surface area contributed by atoms with Crippen molar-refractivity contribution in [2.75, 3.05) is 5.32 Å². The second kappa shape index (κ2) is 6.90. The van der Waals surface area contributed by atoms with Crippen molar-refractivity contribution in [3.8, 4) is 11.5 Å². The Morgan fingerprint density at radius 3 is 2.88 bits per heavy atom. The van der Waals surface area contributed by atoms with Gasteiger partial charge in [-0.1, -0.05) is 13.0 Å². The van der Waals surface area contributed by atoms with Gasteiger partial charge in [-0.25, -0.2) is 9.97 Å². The number of aryl methyl sites for hydroxylation is 2. The van der Waals surface area contributed by atoms with Gasteiger partial charge < -0.3 is 9.88 Å². The van der Waals surface area contributed by atoms with Crippen molar-refractivity contribution in [3.63, 3.8) is 0 Å². The Labute approximate surface area is 154 Å². The smallest absolute Gasteiger partial charge is 0.180 e. The van der Waals surface area contributed by atoms with Crippen LogP contribution >= 0.6 is 0 Å². The average Bonchev–Trinajstić information content (AvgIpc) is 2.97. The first-order valence-corrected chi connectivity index (χ1v) is 9.36. The topological polar surface area (TPSA) is 55.6 Å². The molecular formula is C21H25N5. The monoisotopic (exact) mass is 347 g/mol. The molecule has 1 unspecified atom stereocenters. The minimum Gasteiger partial charge on any atom is -0.363 e. The number of anilines is 1. The van der Waals surface area contributed by atoms with Gasteiger partial charge in [0.15, 0.2) is 5.82 Å². The maximum atomic E-state index is 4.76. The molecule has 0 bridgehead atoms. The van der Waals surface area contributed by atoms with Crippen LogP contribution in [0.3, 0.4) is 0 Å². The highest BCUT2D eigenvalue weighted by Crippen LogP contribution is 2.34. The van der Waals surface area contributed by atoms with Gasteiger partial charge in [-0.05, 0) is 56.4 Å². The molecule has 1 aliphatic carbocycles. The van der Waals surface area contributed by atoms with Crippen LogP contribution in [-0.4, -0.2) is 19.5 Å². The van der Waals surface area contributed by atoms with Crippen LogP contribution in [0.1, 0.15) is 48.5 Å². The Morgan fingerprint density at radius 2 is 2.12 bits per heavy atom. The summed E-state index contributed by atoms with van der Waals surface area (Å²) in [5.41, 5.74) is 6.01. The van der Waals surface area contributed by atoms with Gasteiger partial charge >= 0.3 is 0 Å². The predicted octanol–water partition coefficient (Wildman–Crippen LogP) is 4.24. The van der Waals surface area contributed by atoms with Gasteiger partial charge in [-0.2, -0.15) is 0 Å². The fourth-order valence-electron chi connectivity index (χ4n) is 3.75. The van der Waals surface area contributed by atoms with E-state index in [4.69, 9.17) is 4.98 Å². The molecule has 0 radical (unpaired) electrons. The van der Waals surface area contributed by atoms with Crippen LogP contribution in [0.15, 0.2) is 36.5 Å². The molecule has 3 aromatic heterocycles. The van der Waals surface area contributed by atoms with E-state index >= 15 is 0 Å². The zero-order valence-electron chi connectivity index (χ0n) is 15.7. The second-order valence-electron chi connectivity index (χ2n) is 6.97. The molecule has 1 N–H and O–H groups in total. The number of fused-ring (bicyclic) bond motifs is 1. The number of nitrogens with one attached hydrogen (secondary N) is 1. The van der Waals surface area contributed by atoms with E-state index in [2.05, 4.69) is 52.9 Å². The summed E-state index contributed by atoms with van der Waals surface area (Å²) in [5.74, 6) is 1.57. The minimum absolute atomic E-state index is 0.301. The summed E-state index contributed by atoms with van der Waals surface area (Å²) in [5, 5.41) is 3.67. The number of pyridine rings is 1. The quantitative estimate of drug-likeness (QED) is 0.767. The average molecular weight is 347 g/mol. The molecule has 0 aromatic carbocycles. The van der Waals surface area contributed by atoms with E-state index in [0.29, 0.717) is 11.9 Å². The molecule has 4 rings (SSSR count). The number of rotatable bonds is 4. The van der Waals surface area contributed by atoms with E-state index in [1.807, 2.05) is 18.2 Å². The molecule has 26 heavy (non-hydrogen) atoms. The molecular weight excluding hydrogens is 322 g/mol. The maximum absolute atomic E-state index is 4.76. The lowest BCUT2D eigenvalue weighted by Gasteiger charge is -2.25. The molecule has 0 fully saturated rings. The molecule has 1 aliphatic rings. The van der Waals surface area contributed by atoms with Gasteiger partial charge in [0.2, 0.25) is 0 Å². The van der Waals surface area contributed by atoms with E-state index in [1.165, 1.54) is 23.4 Å². The first kappa shape index (κ1) is 16.8. The number of aromatic nitrogens is 4. The van der Waals surface area contributed by atoms with Crippen LogP contribution < -0.4 is 5.32 Å². The van der Waals surface area contributed by atoms with Crippen molar-refractivity contribution < 1.29 is 0 Å². The molecule has 3 aromatic rings. The van der Waals surface area contributed by atoms with Gasteiger partial charge in [0.05, 0.1) is 6.04 Å². The minimum atomic E-state index is 0.301. The van der Waals surface area contributed by atoms with Crippen molar-refractivity contribution >= 4 is 5.82 Å². The third kappa shape index (κ3) is 3.09. The fraction of sp³-hybridized carbons (Fsp3) is 0.381. The van der Waals surface area contributed by atoms with Gasteiger partial charge in [0, 0.05) is 36.4 Å². The molecule has 0 saturated heterocycles. The van der Waals surface area contributed by atoms with E-state index in [-0.39, 0.29) is 0 Å². The highest BCUT2D eigenvalue weighted by atomic mass is 15.1. The summed E-state index contributed by atoms with van der Waals surface area (Å²) in [6.45, 7) is 4.29. The highest BCUT2D eigenvalue weighted by molar-refractivity contribution is 5.53. The van der Waals surface area contributed by atoms with E-state index < -0.39 is 0 Å². The first-order valence-electron chi connectivity index (χ1n) is 9.36. The van der Waals surface area contributed by atoms with Crippen molar-refractivity contribution in [1.82, 2.24) is 19.5 Å². The van der Waals surface area contributed by atoms with Crippen LogP contribution in [0.4, 0.5) is 5.82 Å². The Kier molecular flexibility index (Phi) is 4.45. The summed E-state index contributed by atoms with van der Waals surface area (Å²) in [4.78, 5) is 13.8. The largest absolute Gasteiger partial charge is 0.363 e. The van der Waals surface area contributed by atoms with Crippen molar-refractivity contribution in [2.45, 2.75) is 45.6 Å². The highest BCUT2D eigenvalue weighted by Gasteiger charge is 2.24. The van der Waals surface area contributed by atoms with Gasteiger partial charge in [-0.15, -0.1) is 0 Å². The summed E-state index contributed by atoms with van der Waals surface area (Å²) >= 11 is 0. The normalized spacial score (nSPS) is 16.3. The lowest BCUT2D eigenvalue weighted by Crippen LogP contribution is -2.18. The maximum Gasteiger partial charge on any atom is 0.180 e. The molecule has 0 aliphatic heterocycles. The Hall–Kier alpha value is -2.69. The first-order chi connectivity index (χ1) is 12.7. The zero-order chi connectivity index (χ0) is 18.1. The lowest BCUT2D eigenvalue weighted by molar-refractivity contribution is 0.577. The lowest BCUT2D eigenvalue weighted by atomic mass is 9.92. The molecule has 5 nitrogen and oxygen atoms in total. The molecule has 5 heteroatoms. The summed E-state index contributed by atoms with van der Waals surface area (Å²) in [6.07, 6.45) is 6.13. The van der Waals surface area contributed by atoms with Gasteiger partial charge in [0.25, 0.3) is 0 Å². The molecule has 0 spiro atoms. The van der Waals surface area contributed by atoms with Crippen molar-refractivity contribution in [3.05, 3.63) is 59.2 Å². The van der Waals surface area contributed by atoms with Crippen LogP contribution in [-0.2, 0) is 19.9 Å². The van der Waals surface area contributed by atoms with Crippen LogP contribution in [0, 0.1) is 6.92 Å². The van der Waals surface area contributed by atoms with E-state index in [0.717, 1.165) is 36.5 Å². The molecule has 1 atom stereocenters. The Morgan fingerprint density at radius 1 is 1.23 bits per heavy atom. The number of nitrogens with zero attached hydrogens (tertiary/aromatic N) is 4. The summed E-state index contributed by atoms with van der Waals surface area (Å²) < 4.78 is 2.32. The predicted molar refractivity (Wildman–Crippen MR) is 104 cm³/mol. The zero-order valence-corrected chi connectivity index (χ0v) is 15.7. The van der Waals surface area contributed by atoms with Gasteiger partial charge in [0.1, 0.15) is 11.5 Å². The Bertz CT molecular complexity index is 914. The van der Waals surface area contributed by atoms with E-state index in [1.54, 1.807) is 6.20 Å². The third-order valence-corrected chi connectivity index (χ3v) is 5.27. The van der Waals surface area contributed by atoms with E-state index in [9.17, 15) is 0 Å². The second-order valence-corrected chi connectivity index (χ2v) is 6.97. The van der Waals surface area contributed by atoms with Crippen molar-refractivity contribution in [1.29, 1.82) is 0 Å². The Balaban J connectivity index is 1.68. The molecule has 3 heterocycles. The van der Waals surface area contributed by atoms with Crippen LogP contribution in [0.5, 0.6) is 0 Å². The standard InChI is InChI=1S/C21H25N5/c1-4-15-13-20(25-21(23-15)18-8-5-6-11-22-18)24-17-9-7-10-19-16(17)12-14(2)26(19)3/h5-6,8,11-13,17H,4,7,9-10H2,1-3H3,(H,23,24,25). The molecule has 134 valence electrons.